The van der Waals surface area contributed by atoms with Gasteiger partial charge in [0.2, 0.25) is 5.28 Å². The van der Waals surface area contributed by atoms with Gasteiger partial charge < -0.3 is 4.90 Å². The van der Waals surface area contributed by atoms with Gasteiger partial charge in [-0.1, -0.05) is 78.9 Å². The van der Waals surface area contributed by atoms with Crippen molar-refractivity contribution < 1.29 is 0 Å². The summed E-state index contributed by atoms with van der Waals surface area (Å²) in [4.78, 5) is 11.2. The quantitative estimate of drug-likeness (QED) is 0.254. The van der Waals surface area contributed by atoms with Crippen LogP contribution >= 0.6 is 11.6 Å². The minimum atomic E-state index is 0.237. The molecular formula is C29H22ClN3. The summed E-state index contributed by atoms with van der Waals surface area (Å²) in [5, 5.41) is 0.237. The first-order chi connectivity index (χ1) is 16.2. The number of rotatable bonds is 5. The first-order valence-electron chi connectivity index (χ1n) is 10.8. The Kier molecular flexibility index (Phi) is 5.88. The Hall–Kier alpha value is -3.95. The lowest BCUT2D eigenvalue weighted by Crippen LogP contribution is -2.11. The predicted octanol–water partition coefficient (Wildman–Crippen LogP) is 8.24. The van der Waals surface area contributed by atoms with Gasteiger partial charge in [-0.25, -0.2) is 9.97 Å². The predicted molar refractivity (Wildman–Crippen MR) is 137 cm³/mol. The molecule has 1 heterocycles. The van der Waals surface area contributed by atoms with Gasteiger partial charge in [0.15, 0.2) is 0 Å². The average molecular weight is 448 g/mol. The summed E-state index contributed by atoms with van der Waals surface area (Å²) in [5.74, 6) is 0. The van der Waals surface area contributed by atoms with E-state index in [0.29, 0.717) is 0 Å². The maximum atomic E-state index is 6.28. The lowest BCUT2D eigenvalue weighted by atomic mass is 10.1. The van der Waals surface area contributed by atoms with Crippen LogP contribution in [-0.2, 0) is 0 Å². The van der Waals surface area contributed by atoms with Gasteiger partial charge >= 0.3 is 0 Å². The molecule has 0 spiro atoms. The van der Waals surface area contributed by atoms with Crippen LogP contribution in [0.1, 0.15) is 5.56 Å². The summed E-state index contributed by atoms with van der Waals surface area (Å²) in [6, 6.07) is 39.2. The Morgan fingerprint density at radius 1 is 0.576 bits per heavy atom. The second-order valence-electron chi connectivity index (χ2n) is 7.78. The van der Waals surface area contributed by atoms with Gasteiger partial charge in [-0.2, -0.15) is 0 Å². The van der Waals surface area contributed by atoms with Crippen LogP contribution < -0.4 is 4.90 Å². The molecule has 0 radical (unpaired) electrons. The Morgan fingerprint density at radius 3 is 1.73 bits per heavy atom. The molecule has 5 rings (SSSR count). The van der Waals surface area contributed by atoms with E-state index < -0.39 is 0 Å². The molecule has 4 heteroatoms. The lowest BCUT2D eigenvalue weighted by Gasteiger charge is -2.27. The highest BCUT2D eigenvalue weighted by molar-refractivity contribution is 6.28. The Bertz CT molecular complexity index is 1370. The Balaban J connectivity index is 1.55. The fourth-order valence-electron chi connectivity index (χ4n) is 3.92. The molecule has 0 aliphatic heterocycles. The van der Waals surface area contributed by atoms with Crippen LogP contribution in [-0.4, -0.2) is 9.97 Å². The van der Waals surface area contributed by atoms with Gasteiger partial charge in [0, 0.05) is 28.2 Å². The van der Waals surface area contributed by atoms with E-state index in [1.165, 1.54) is 5.56 Å². The van der Waals surface area contributed by atoms with Crippen LogP contribution in [0.4, 0.5) is 17.1 Å². The van der Waals surface area contributed by atoms with Crippen molar-refractivity contribution in [3.63, 3.8) is 0 Å². The minimum absolute atomic E-state index is 0.237. The number of halogens is 1. The SMILES string of the molecule is Cc1ccccc1N(c1ccccc1)c1ccc(-c2cc(-c3ccccc3)nc(Cl)n2)cc1. The summed E-state index contributed by atoms with van der Waals surface area (Å²) in [6.45, 7) is 2.13. The van der Waals surface area contributed by atoms with E-state index in [9.17, 15) is 0 Å². The third-order valence-electron chi connectivity index (χ3n) is 5.56. The summed E-state index contributed by atoms with van der Waals surface area (Å²) in [6.07, 6.45) is 0. The number of para-hydroxylation sites is 2. The molecule has 0 aliphatic rings. The number of benzene rings is 4. The van der Waals surface area contributed by atoms with Crippen molar-refractivity contribution in [3.8, 4) is 22.5 Å². The molecule has 0 aliphatic carbocycles. The molecule has 160 valence electrons. The molecule has 33 heavy (non-hydrogen) atoms. The summed E-state index contributed by atoms with van der Waals surface area (Å²) < 4.78 is 0. The number of anilines is 3. The second kappa shape index (κ2) is 9.27. The van der Waals surface area contributed by atoms with Crippen molar-refractivity contribution in [2.75, 3.05) is 4.90 Å². The van der Waals surface area contributed by atoms with Gasteiger partial charge in [0.1, 0.15) is 0 Å². The van der Waals surface area contributed by atoms with Gasteiger partial charge in [-0.05, 0) is 60.5 Å². The van der Waals surface area contributed by atoms with E-state index in [2.05, 4.69) is 94.6 Å². The van der Waals surface area contributed by atoms with Crippen LogP contribution in [0.3, 0.4) is 0 Å². The van der Waals surface area contributed by atoms with Gasteiger partial charge in [-0.3, -0.25) is 0 Å². The highest BCUT2D eigenvalue weighted by Crippen LogP contribution is 2.37. The molecule has 5 aromatic rings. The largest absolute Gasteiger partial charge is 0.310 e. The Morgan fingerprint density at radius 2 is 1.09 bits per heavy atom. The van der Waals surface area contributed by atoms with E-state index in [4.69, 9.17) is 11.6 Å². The highest BCUT2D eigenvalue weighted by Gasteiger charge is 2.15. The topological polar surface area (TPSA) is 29.0 Å². The maximum Gasteiger partial charge on any atom is 0.223 e. The first kappa shape index (κ1) is 20.9. The van der Waals surface area contributed by atoms with Crippen LogP contribution in [0.2, 0.25) is 5.28 Å². The van der Waals surface area contributed by atoms with Crippen molar-refractivity contribution in [1.29, 1.82) is 0 Å². The van der Waals surface area contributed by atoms with Crippen LogP contribution in [0.5, 0.6) is 0 Å². The molecule has 0 amide bonds. The number of hydrogen-bond acceptors (Lipinski definition) is 3. The normalized spacial score (nSPS) is 10.7. The molecule has 4 aromatic carbocycles. The van der Waals surface area contributed by atoms with Crippen molar-refractivity contribution in [1.82, 2.24) is 9.97 Å². The van der Waals surface area contributed by atoms with E-state index in [-0.39, 0.29) is 5.28 Å². The first-order valence-corrected chi connectivity index (χ1v) is 11.2. The van der Waals surface area contributed by atoms with Crippen LogP contribution in [0.25, 0.3) is 22.5 Å². The number of aromatic nitrogens is 2. The van der Waals surface area contributed by atoms with E-state index in [0.717, 1.165) is 39.6 Å². The third kappa shape index (κ3) is 4.50. The fourth-order valence-corrected chi connectivity index (χ4v) is 4.10. The number of hydrogen-bond donors (Lipinski definition) is 0. The van der Waals surface area contributed by atoms with Crippen LogP contribution in [0, 0.1) is 6.92 Å². The van der Waals surface area contributed by atoms with Gasteiger partial charge in [-0.15, -0.1) is 0 Å². The molecule has 3 nitrogen and oxygen atoms in total. The lowest BCUT2D eigenvalue weighted by molar-refractivity contribution is 1.17. The molecule has 0 saturated carbocycles. The zero-order valence-corrected chi connectivity index (χ0v) is 18.9. The van der Waals surface area contributed by atoms with Crippen LogP contribution in [0.15, 0.2) is 115 Å². The zero-order valence-electron chi connectivity index (χ0n) is 18.2. The van der Waals surface area contributed by atoms with E-state index >= 15 is 0 Å². The molecule has 0 saturated heterocycles. The Labute approximate surface area is 199 Å². The van der Waals surface area contributed by atoms with Crippen molar-refractivity contribution in [2.45, 2.75) is 6.92 Å². The maximum absolute atomic E-state index is 6.28. The molecule has 0 bridgehead atoms. The standard InChI is InChI=1S/C29H22ClN3/c1-21-10-8-9-15-28(21)33(24-13-6-3-7-14-24)25-18-16-23(17-19-25)27-20-26(31-29(30)32-27)22-11-4-2-5-12-22/h2-20H,1H3. The average Bonchev–Trinajstić information content (AvgIpc) is 2.87. The summed E-state index contributed by atoms with van der Waals surface area (Å²) in [7, 11) is 0. The van der Waals surface area contributed by atoms with E-state index in [1.54, 1.807) is 0 Å². The fraction of sp³-hybridized carbons (Fsp3) is 0.0345. The van der Waals surface area contributed by atoms with Gasteiger partial charge in [0.25, 0.3) is 0 Å². The number of aryl methyl sites for hydroxylation is 1. The molecule has 0 fully saturated rings. The second-order valence-corrected chi connectivity index (χ2v) is 8.12. The minimum Gasteiger partial charge on any atom is -0.310 e. The monoisotopic (exact) mass is 447 g/mol. The smallest absolute Gasteiger partial charge is 0.223 e. The third-order valence-corrected chi connectivity index (χ3v) is 5.73. The molecule has 0 atom stereocenters. The van der Waals surface area contributed by atoms with E-state index in [1.807, 2.05) is 42.5 Å². The van der Waals surface area contributed by atoms with Crippen molar-refractivity contribution in [3.05, 3.63) is 126 Å². The molecule has 1 aromatic heterocycles. The molecular weight excluding hydrogens is 426 g/mol. The zero-order chi connectivity index (χ0) is 22.6. The van der Waals surface area contributed by atoms with Crippen molar-refractivity contribution >= 4 is 28.7 Å². The highest BCUT2D eigenvalue weighted by atomic mass is 35.5. The molecule has 0 unspecified atom stereocenters. The van der Waals surface area contributed by atoms with Crippen molar-refractivity contribution in [2.24, 2.45) is 0 Å². The molecule has 0 N–H and O–H groups in total. The summed E-state index contributed by atoms with van der Waals surface area (Å²) in [5.41, 5.74) is 8.13. The number of nitrogens with zero attached hydrogens (tertiary/aromatic N) is 3. The van der Waals surface area contributed by atoms with Gasteiger partial charge in [0.05, 0.1) is 11.4 Å². The summed E-state index contributed by atoms with van der Waals surface area (Å²) >= 11 is 6.28.